The highest BCUT2D eigenvalue weighted by Crippen LogP contribution is 2.12. The van der Waals surface area contributed by atoms with Gasteiger partial charge < -0.3 is 15.4 Å². The van der Waals surface area contributed by atoms with E-state index in [1.165, 1.54) is 24.3 Å². The molecule has 25 heavy (non-hydrogen) atoms. The Labute approximate surface area is 151 Å². The van der Waals surface area contributed by atoms with Gasteiger partial charge in [-0.1, -0.05) is 22.0 Å². The third-order valence-corrected chi connectivity index (χ3v) is 3.46. The van der Waals surface area contributed by atoms with Gasteiger partial charge in [0, 0.05) is 10.2 Å². The quantitative estimate of drug-likeness (QED) is 0.719. The van der Waals surface area contributed by atoms with Crippen LogP contribution in [0.2, 0.25) is 0 Å². The topological polar surface area (TPSA) is 84.5 Å². The first-order valence-electron chi connectivity index (χ1n) is 7.19. The second-order valence-electron chi connectivity index (χ2n) is 4.92. The number of ether oxygens (including phenoxy) is 1. The van der Waals surface area contributed by atoms with Crippen molar-refractivity contribution in [1.82, 2.24) is 5.32 Å². The van der Waals surface area contributed by atoms with Crippen LogP contribution in [0.25, 0.3) is 0 Å². The number of amides is 2. The molecule has 0 aliphatic carbocycles. The van der Waals surface area contributed by atoms with Gasteiger partial charge in [-0.2, -0.15) is 0 Å². The SMILES string of the molecule is O=C(COC(=O)c1cccc(Br)c1)NCC(=O)Nc1ccc(F)cc1. The molecule has 2 aromatic carbocycles. The van der Waals surface area contributed by atoms with Gasteiger partial charge in [0.25, 0.3) is 5.91 Å². The highest BCUT2D eigenvalue weighted by Gasteiger charge is 2.11. The summed E-state index contributed by atoms with van der Waals surface area (Å²) in [6.07, 6.45) is 0. The average Bonchev–Trinajstić information content (AvgIpc) is 2.60. The molecule has 0 atom stereocenters. The van der Waals surface area contributed by atoms with Crippen LogP contribution in [0, 0.1) is 5.82 Å². The minimum absolute atomic E-state index is 0.301. The van der Waals surface area contributed by atoms with Crippen molar-refractivity contribution in [2.45, 2.75) is 0 Å². The second-order valence-corrected chi connectivity index (χ2v) is 5.83. The van der Waals surface area contributed by atoms with Gasteiger partial charge in [-0.25, -0.2) is 9.18 Å². The van der Waals surface area contributed by atoms with E-state index in [9.17, 15) is 18.8 Å². The summed E-state index contributed by atoms with van der Waals surface area (Å²) in [6.45, 7) is -0.806. The molecule has 0 aliphatic heterocycles. The molecule has 0 spiro atoms. The number of benzene rings is 2. The van der Waals surface area contributed by atoms with Crippen LogP contribution in [0.1, 0.15) is 10.4 Å². The third-order valence-electron chi connectivity index (χ3n) is 2.97. The molecule has 0 bridgehead atoms. The van der Waals surface area contributed by atoms with Crippen LogP contribution in [-0.2, 0) is 14.3 Å². The zero-order valence-corrected chi connectivity index (χ0v) is 14.5. The Morgan fingerprint density at radius 3 is 2.44 bits per heavy atom. The van der Waals surface area contributed by atoms with Gasteiger partial charge in [-0.15, -0.1) is 0 Å². The highest BCUT2D eigenvalue weighted by molar-refractivity contribution is 9.10. The molecule has 0 unspecified atom stereocenters. The fourth-order valence-corrected chi connectivity index (χ4v) is 2.20. The second kappa shape index (κ2) is 8.93. The smallest absolute Gasteiger partial charge is 0.338 e. The molecule has 0 aliphatic rings. The van der Waals surface area contributed by atoms with Crippen LogP contribution in [0.4, 0.5) is 10.1 Å². The summed E-state index contributed by atoms with van der Waals surface area (Å²) < 4.78 is 18.3. The fourth-order valence-electron chi connectivity index (χ4n) is 1.80. The molecule has 2 rings (SSSR count). The standard InChI is InChI=1S/C17H14BrFN2O4/c18-12-3-1-2-11(8-12)17(24)25-10-16(23)20-9-15(22)21-14-6-4-13(19)5-7-14/h1-8H,9-10H2,(H,20,23)(H,21,22). The molecule has 0 radical (unpaired) electrons. The number of nitrogens with one attached hydrogen (secondary N) is 2. The van der Waals surface area contributed by atoms with Gasteiger partial charge in [-0.3, -0.25) is 9.59 Å². The van der Waals surface area contributed by atoms with E-state index in [4.69, 9.17) is 4.74 Å². The van der Waals surface area contributed by atoms with E-state index >= 15 is 0 Å². The lowest BCUT2D eigenvalue weighted by molar-refractivity contribution is -0.126. The number of halogens is 2. The molecule has 2 N–H and O–H groups in total. The summed E-state index contributed by atoms with van der Waals surface area (Å²) in [5, 5.41) is 4.81. The molecule has 8 heteroatoms. The molecular weight excluding hydrogens is 395 g/mol. The number of rotatable bonds is 6. The number of hydrogen-bond donors (Lipinski definition) is 2. The Morgan fingerprint density at radius 2 is 1.76 bits per heavy atom. The van der Waals surface area contributed by atoms with Gasteiger partial charge in [0.05, 0.1) is 12.1 Å². The molecule has 0 fully saturated rings. The predicted octanol–water partition coefficient (Wildman–Crippen LogP) is 2.50. The van der Waals surface area contributed by atoms with Crippen molar-refractivity contribution in [2.24, 2.45) is 0 Å². The lowest BCUT2D eigenvalue weighted by Crippen LogP contribution is -2.35. The van der Waals surface area contributed by atoms with Crippen LogP contribution in [-0.4, -0.2) is 30.9 Å². The summed E-state index contributed by atoms with van der Waals surface area (Å²) in [5.41, 5.74) is 0.706. The summed E-state index contributed by atoms with van der Waals surface area (Å²) in [5.74, 6) is -2.17. The molecule has 0 heterocycles. The minimum Gasteiger partial charge on any atom is -0.452 e. The molecule has 6 nitrogen and oxygen atoms in total. The van der Waals surface area contributed by atoms with Gasteiger partial charge >= 0.3 is 5.97 Å². The maximum absolute atomic E-state index is 12.8. The molecule has 0 saturated carbocycles. The van der Waals surface area contributed by atoms with Crippen molar-refractivity contribution in [3.05, 3.63) is 64.4 Å². The number of esters is 1. The number of carbonyl (C=O) groups excluding carboxylic acids is 3. The van der Waals surface area contributed by atoms with E-state index in [1.54, 1.807) is 24.3 Å². The Kier molecular flexibility index (Phi) is 6.64. The summed E-state index contributed by atoms with van der Waals surface area (Å²) in [6, 6.07) is 11.7. The Morgan fingerprint density at radius 1 is 1.04 bits per heavy atom. The van der Waals surface area contributed by atoms with E-state index in [-0.39, 0.29) is 6.54 Å². The van der Waals surface area contributed by atoms with Crippen molar-refractivity contribution in [2.75, 3.05) is 18.5 Å². The van der Waals surface area contributed by atoms with E-state index in [0.717, 1.165) is 0 Å². The lowest BCUT2D eigenvalue weighted by atomic mass is 10.2. The number of hydrogen-bond acceptors (Lipinski definition) is 4. The van der Waals surface area contributed by atoms with Crippen LogP contribution < -0.4 is 10.6 Å². The maximum atomic E-state index is 12.8. The first kappa shape index (κ1) is 18.6. The first-order chi connectivity index (χ1) is 11.9. The van der Waals surface area contributed by atoms with Crippen LogP contribution in [0.3, 0.4) is 0 Å². The first-order valence-corrected chi connectivity index (χ1v) is 7.98. The lowest BCUT2D eigenvalue weighted by Gasteiger charge is -2.08. The fraction of sp³-hybridized carbons (Fsp3) is 0.118. The van der Waals surface area contributed by atoms with Gasteiger partial charge in [-0.05, 0) is 42.5 Å². The van der Waals surface area contributed by atoms with Crippen LogP contribution in [0.5, 0.6) is 0 Å². The van der Waals surface area contributed by atoms with E-state index < -0.39 is 30.2 Å². The highest BCUT2D eigenvalue weighted by atomic mass is 79.9. The average molecular weight is 409 g/mol. The molecule has 2 amide bonds. The Balaban J connectivity index is 1.72. The van der Waals surface area contributed by atoms with E-state index in [0.29, 0.717) is 15.7 Å². The molecule has 130 valence electrons. The van der Waals surface area contributed by atoms with Crippen molar-refractivity contribution in [1.29, 1.82) is 0 Å². The predicted molar refractivity (Wildman–Crippen MR) is 92.5 cm³/mol. The van der Waals surface area contributed by atoms with Gasteiger partial charge in [0.2, 0.25) is 5.91 Å². The van der Waals surface area contributed by atoms with Crippen molar-refractivity contribution in [3.8, 4) is 0 Å². The summed E-state index contributed by atoms with van der Waals surface area (Å²) >= 11 is 3.23. The van der Waals surface area contributed by atoms with E-state index in [2.05, 4.69) is 26.6 Å². The van der Waals surface area contributed by atoms with Crippen molar-refractivity contribution in [3.63, 3.8) is 0 Å². The van der Waals surface area contributed by atoms with Gasteiger partial charge in [0.1, 0.15) is 5.82 Å². The normalized spacial score (nSPS) is 10.0. The monoisotopic (exact) mass is 408 g/mol. The van der Waals surface area contributed by atoms with E-state index in [1.807, 2.05) is 0 Å². The largest absolute Gasteiger partial charge is 0.452 e. The maximum Gasteiger partial charge on any atom is 0.338 e. The molecular formula is C17H14BrFN2O4. The molecule has 0 aromatic heterocycles. The third kappa shape index (κ3) is 6.34. The van der Waals surface area contributed by atoms with Gasteiger partial charge in [0.15, 0.2) is 6.61 Å². The number of anilines is 1. The number of carbonyl (C=O) groups is 3. The Bertz CT molecular complexity index is 780. The van der Waals surface area contributed by atoms with Crippen molar-refractivity contribution >= 4 is 39.4 Å². The zero-order chi connectivity index (χ0) is 18.2. The minimum atomic E-state index is -0.646. The van der Waals surface area contributed by atoms with Crippen LogP contribution in [0.15, 0.2) is 53.0 Å². The summed E-state index contributed by atoms with van der Waals surface area (Å²) in [7, 11) is 0. The molecule has 2 aromatic rings. The van der Waals surface area contributed by atoms with Crippen LogP contribution >= 0.6 is 15.9 Å². The van der Waals surface area contributed by atoms with Crippen molar-refractivity contribution < 1.29 is 23.5 Å². The zero-order valence-electron chi connectivity index (χ0n) is 12.9. The summed E-state index contributed by atoms with van der Waals surface area (Å²) in [4.78, 5) is 35.1. The molecule has 0 saturated heterocycles. The Hall–Kier alpha value is -2.74.